The van der Waals surface area contributed by atoms with E-state index in [9.17, 15) is 14.4 Å². The number of H-pyrrole nitrogens is 1. The second kappa shape index (κ2) is 9.72. The molecule has 3 aromatic rings. The first-order chi connectivity index (χ1) is 15.9. The number of rotatable bonds is 5. The molecule has 9 nitrogen and oxygen atoms in total. The average Bonchev–Trinajstić information content (AvgIpc) is 3.26. The molecule has 2 heterocycles. The summed E-state index contributed by atoms with van der Waals surface area (Å²) in [5.74, 6) is -0.161. The number of carbonyl (C=O) groups excluding carboxylic acids is 3. The second-order valence-corrected chi connectivity index (χ2v) is 7.83. The van der Waals surface area contributed by atoms with Crippen LogP contribution in [0.2, 0.25) is 0 Å². The number of ether oxygens (including phenoxy) is 2. The molecule has 1 aliphatic rings. The van der Waals surface area contributed by atoms with Crippen LogP contribution in [-0.2, 0) is 14.3 Å². The van der Waals surface area contributed by atoms with Crippen LogP contribution in [-0.4, -0.2) is 77.1 Å². The quantitative estimate of drug-likeness (QED) is 0.599. The normalized spacial score (nSPS) is 13.8. The number of amides is 2. The Morgan fingerprint density at radius 1 is 0.970 bits per heavy atom. The second-order valence-electron chi connectivity index (χ2n) is 7.83. The van der Waals surface area contributed by atoms with Crippen LogP contribution in [0.4, 0.5) is 4.79 Å². The van der Waals surface area contributed by atoms with E-state index in [-0.39, 0.29) is 18.6 Å². The Morgan fingerprint density at radius 3 is 2.36 bits per heavy atom. The zero-order valence-corrected chi connectivity index (χ0v) is 18.7. The fourth-order valence-corrected chi connectivity index (χ4v) is 3.64. The molecule has 172 valence electrons. The highest BCUT2D eigenvalue weighted by Gasteiger charge is 2.25. The van der Waals surface area contributed by atoms with E-state index in [0.29, 0.717) is 49.7 Å². The van der Waals surface area contributed by atoms with E-state index in [0.717, 1.165) is 16.6 Å². The lowest BCUT2D eigenvalue weighted by molar-refractivity contribution is -0.136. The molecule has 0 bridgehead atoms. The molecular weight excluding hydrogens is 424 g/mol. The number of piperazine rings is 1. The van der Waals surface area contributed by atoms with Crippen LogP contribution in [0.15, 0.2) is 42.5 Å². The Bertz CT molecular complexity index is 1160. The fraction of sp³-hybridized carbons (Fsp3) is 0.333. The highest BCUT2D eigenvalue weighted by molar-refractivity contribution is 5.95. The number of aromatic nitrogens is 2. The third-order valence-electron chi connectivity index (χ3n) is 5.53. The van der Waals surface area contributed by atoms with E-state index in [1.54, 1.807) is 34.9 Å². The van der Waals surface area contributed by atoms with Crippen molar-refractivity contribution in [3.63, 3.8) is 0 Å². The van der Waals surface area contributed by atoms with Crippen molar-refractivity contribution in [2.24, 2.45) is 0 Å². The molecule has 33 heavy (non-hydrogen) atoms. The zero-order chi connectivity index (χ0) is 23.4. The number of nitrogens with one attached hydrogen (secondary N) is 1. The van der Waals surface area contributed by atoms with Gasteiger partial charge in [0.1, 0.15) is 5.82 Å². The van der Waals surface area contributed by atoms with Gasteiger partial charge in [-0.2, -0.15) is 0 Å². The number of fused-ring (bicyclic) bond motifs is 1. The minimum atomic E-state index is -0.582. The zero-order valence-electron chi connectivity index (χ0n) is 18.7. The van der Waals surface area contributed by atoms with Gasteiger partial charge in [0, 0.05) is 31.7 Å². The van der Waals surface area contributed by atoms with E-state index in [2.05, 4.69) is 9.97 Å². The summed E-state index contributed by atoms with van der Waals surface area (Å²) in [6, 6.07) is 13.0. The molecule has 0 aliphatic carbocycles. The van der Waals surface area contributed by atoms with E-state index >= 15 is 0 Å². The van der Waals surface area contributed by atoms with Crippen molar-refractivity contribution >= 4 is 29.0 Å². The summed E-state index contributed by atoms with van der Waals surface area (Å²) in [6.45, 7) is 5.25. The third kappa shape index (κ3) is 5.14. The van der Waals surface area contributed by atoms with Crippen LogP contribution in [0.25, 0.3) is 22.4 Å². The average molecular weight is 450 g/mol. The van der Waals surface area contributed by atoms with Crippen molar-refractivity contribution in [1.82, 2.24) is 19.8 Å². The van der Waals surface area contributed by atoms with Gasteiger partial charge in [-0.3, -0.25) is 4.79 Å². The van der Waals surface area contributed by atoms with Gasteiger partial charge in [-0.1, -0.05) is 29.8 Å². The molecule has 1 aromatic heterocycles. The van der Waals surface area contributed by atoms with Gasteiger partial charge >= 0.3 is 12.1 Å². The van der Waals surface area contributed by atoms with Crippen molar-refractivity contribution in [1.29, 1.82) is 0 Å². The van der Waals surface area contributed by atoms with E-state index in [1.807, 2.05) is 31.2 Å². The summed E-state index contributed by atoms with van der Waals surface area (Å²) < 4.78 is 10.2. The minimum Gasteiger partial charge on any atom is -0.452 e. The molecule has 4 rings (SSSR count). The molecular formula is C24H26N4O5. The molecule has 0 spiro atoms. The Morgan fingerprint density at radius 2 is 1.67 bits per heavy atom. The largest absolute Gasteiger partial charge is 0.452 e. The molecule has 2 amide bonds. The SMILES string of the molecule is CCOC(=O)N1CCN(C(=O)COC(=O)c2ccc3nc(-c4ccc(C)cc4)[nH]c3c2)CC1. The van der Waals surface area contributed by atoms with Gasteiger partial charge < -0.3 is 24.3 Å². The van der Waals surface area contributed by atoms with Gasteiger partial charge in [0.05, 0.1) is 23.2 Å². The topological polar surface area (TPSA) is 105 Å². The molecule has 1 fully saturated rings. The summed E-state index contributed by atoms with van der Waals surface area (Å²) in [5, 5.41) is 0. The Kier molecular flexibility index (Phi) is 6.58. The standard InChI is InChI=1S/C24H26N4O5/c1-3-32-24(31)28-12-10-27(11-13-28)21(29)15-33-23(30)18-8-9-19-20(14-18)26-22(25-19)17-6-4-16(2)5-7-17/h4-9,14H,3,10-13,15H2,1-2H3,(H,25,26). The maximum absolute atomic E-state index is 12.5. The highest BCUT2D eigenvalue weighted by Crippen LogP contribution is 2.22. The lowest BCUT2D eigenvalue weighted by Gasteiger charge is -2.33. The van der Waals surface area contributed by atoms with Gasteiger partial charge in [-0.05, 0) is 32.0 Å². The Balaban J connectivity index is 1.33. The number of hydrogen-bond donors (Lipinski definition) is 1. The number of aromatic amines is 1. The molecule has 0 radical (unpaired) electrons. The van der Waals surface area contributed by atoms with Gasteiger partial charge in [-0.15, -0.1) is 0 Å². The number of nitrogens with zero attached hydrogens (tertiary/aromatic N) is 3. The fourth-order valence-electron chi connectivity index (χ4n) is 3.64. The lowest BCUT2D eigenvalue weighted by atomic mass is 10.1. The van der Waals surface area contributed by atoms with Crippen molar-refractivity contribution in [2.45, 2.75) is 13.8 Å². The molecule has 2 aromatic carbocycles. The van der Waals surface area contributed by atoms with Crippen LogP contribution in [0.5, 0.6) is 0 Å². The predicted octanol–water partition coefficient (Wildman–Crippen LogP) is 3.00. The van der Waals surface area contributed by atoms with Gasteiger partial charge in [0.15, 0.2) is 6.61 Å². The van der Waals surface area contributed by atoms with Gasteiger partial charge in [-0.25, -0.2) is 14.6 Å². The highest BCUT2D eigenvalue weighted by atomic mass is 16.6. The van der Waals surface area contributed by atoms with E-state index in [4.69, 9.17) is 9.47 Å². The van der Waals surface area contributed by atoms with Crippen LogP contribution in [0.3, 0.4) is 0 Å². The van der Waals surface area contributed by atoms with Crippen molar-refractivity contribution in [3.8, 4) is 11.4 Å². The third-order valence-corrected chi connectivity index (χ3v) is 5.53. The summed E-state index contributed by atoms with van der Waals surface area (Å²) in [6.07, 6.45) is -0.379. The van der Waals surface area contributed by atoms with Crippen LogP contribution >= 0.6 is 0 Å². The van der Waals surface area contributed by atoms with E-state index in [1.165, 1.54) is 0 Å². The smallest absolute Gasteiger partial charge is 0.409 e. The molecule has 0 unspecified atom stereocenters. The molecule has 1 saturated heterocycles. The monoisotopic (exact) mass is 450 g/mol. The minimum absolute atomic E-state index is 0.295. The molecule has 1 N–H and O–H groups in total. The van der Waals surface area contributed by atoms with Crippen LogP contribution in [0, 0.1) is 6.92 Å². The van der Waals surface area contributed by atoms with Crippen LogP contribution in [0.1, 0.15) is 22.8 Å². The molecule has 0 atom stereocenters. The Hall–Kier alpha value is -3.88. The molecule has 1 aliphatic heterocycles. The first-order valence-corrected chi connectivity index (χ1v) is 10.9. The molecule has 9 heteroatoms. The Labute approximate surface area is 191 Å². The van der Waals surface area contributed by atoms with Crippen molar-refractivity contribution < 1.29 is 23.9 Å². The number of carbonyl (C=O) groups is 3. The number of esters is 1. The van der Waals surface area contributed by atoms with E-state index < -0.39 is 5.97 Å². The first-order valence-electron chi connectivity index (χ1n) is 10.9. The number of aryl methyl sites for hydroxylation is 1. The summed E-state index contributed by atoms with van der Waals surface area (Å²) >= 11 is 0. The first kappa shape index (κ1) is 22.3. The lowest BCUT2D eigenvalue weighted by Crippen LogP contribution is -2.51. The summed E-state index contributed by atoms with van der Waals surface area (Å²) in [7, 11) is 0. The maximum Gasteiger partial charge on any atom is 0.409 e. The molecule has 0 saturated carbocycles. The van der Waals surface area contributed by atoms with Gasteiger partial charge in [0.2, 0.25) is 0 Å². The van der Waals surface area contributed by atoms with Crippen LogP contribution < -0.4 is 0 Å². The maximum atomic E-state index is 12.5. The predicted molar refractivity (Wildman–Crippen MR) is 122 cm³/mol. The number of benzene rings is 2. The number of hydrogen-bond acceptors (Lipinski definition) is 6. The van der Waals surface area contributed by atoms with Gasteiger partial charge in [0.25, 0.3) is 5.91 Å². The van der Waals surface area contributed by atoms with Crippen molar-refractivity contribution in [3.05, 3.63) is 53.6 Å². The summed E-state index contributed by atoms with van der Waals surface area (Å²) in [4.78, 5) is 47.6. The van der Waals surface area contributed by atoms with Crippen molar-refractivity contribution in [2.75, 3.05) is 39.4 Å². The summed E-state index contributed by atoms with van der Waals surface area (Å²) in [5.41, 5.74) is 3.89. The number of imidazole rings is 1.